The smallest absolute Gasteiger partial charge is 0.436 e. The van der Waals surface area contributed by atoms with Gasteiger partial charge in [0.25, 0.3) is 5.60 Å². The van der Waals surface area contributed by atoms with Crippen LogP contribution in [-0.4, -0.2) is 12.1 Å². The van der Waals surface area contributed by atoms with E-state index in [1.807, 2.05) is 0 Å². The lowest BCUT2D eigenvalue weighted by atomic mass is 9.93. The number of carbonyl (C=O) groups is 1. The molecule has 16 heavy (non-hydrogen) atoms. The van der Waals surface area contributed by atoms with Crippen molar-refractivity contribution in [3.8, 4) is 0 Å². The molecule has 84 valence electrons. The summed E-state index contributed by atoms with van der Waals surface area (Å²) in [5.74, 6) is -0.985. The Bertz CT molecular complexity index is 436. The van der Waals surface area contributed by atoms with Crippen molar-refractivity contribution in [2.24, 2.45) is 0 Å². The summed E-state index contributed by atoms with van der Waals surface area (Å²) in [6.45, 7) is 0. The van der Waals surface area contributed by atoms with Crippen LogP contribution in [0.3, 0.4) is 0 Å². The van der Waals surface area contributed by atoms with E-state index in [0.717, 1.165) is 12.2 Å². The van der Waals surface area contributed by atoms with Crippen LogP contribution < -0.4 is 0 Å². The molecule has 1 unspecified atom stereocenters. The van der Waals surface area contributed by atoms with Gasteiger partial charge in [-0.25, -0.2) is 4.79 Å². The summed E-state index contributed by atoms with van der Waals surface area (Å²) >= 11 is 0. The maximum atomic E-state index is 12.9. The van der Waals surface area contributed by atoms with E-state index in [0.29, 0.717) is 0 Å². The molecule has 0 N–H and O–H groups in total. The molecule has 0 saturated heterocycles. The second-order valence-electron chi connectivity index (χ2n) is 3.35. The van der Waals surface area contributed by atoms with E-state index in [1.165, 1.54) is 24.3 Å². The number of hydrogen-bond donors (Lipinski definition) is 0. The number of carbonyl (C=O) groups excluding carboxylic acids is 1. The van der Waals surface area contributed by atoms with Crippen molar-refractivity contribution in [2.75, 3.05) is 0 Å². The highest BCUT2D eigenvalue weighted by atomic mass is 19.4. The first-order chi connectivity index (χ1) is 7.46. The highest BCUT2D eigenvalue weighted by Crippen LogP contribution is 2.45. The zero-order chi connectivity index (χ0) is 11.8. The molecule has 1 aromatic carbocycles. The van der Waals surface area contributed by atoms with Gasteiger partial charge in [-0.1, -0.05) is 30.3 Å². The molecule has 5 heteroatoms. The Morgan fingerprint density at radius 1 is 1.12 bits per heavy atom. The minimum atomic E-state index is -4.67. The number of esters is 1. The topological polar surface area (TPSA) is 26.3 Å². The Morgan fingerprint density at radius 3 is 2.19 bits per heavy atom. The Balaban J connectivity index is 2.54. The zero-order valence-corrected chi connectivity index (χ0v) is 7.99. The van der Waals surface area contributed by atoms with Gasteiger partial charge in [-0.2, -0.15) is 13.2 Å². The number of cyclic esters (lactones) is 1. The van der Waals surface area contributed by atoms with Gasteiger partial charge in [-0.3, -0.25) is 0 Å². The van der Waals surface area contributed by atoms with Crippen molar-refractivity contribution in [1.29, 1.82) is 0 Å². The number of halogens is 3. The van der Waals surface area contributed by atoms with E-state index in [2.05, 4.69) is 4.74 Å². The molecule has 1 aromatic rings. The third-order valence-electron chi connectivity index (χ3n) is 2.34. The number of alkyl halides is 3. The van der Waals surface area contributed by atoms with Crippen LogP contribution >= 0.6 is 0 Å². The average Bonchev–Trinajstić information content (AvgIpc) is 2.62. The fraction of sp³-hybridized carbons (Fsp3) is 0.182. The lowest BCUT2D eigenvalue weighted by Gasteiger charge is -2.29. The fourth-order valence-electron chi connectivity index (χ4n) is 1.57. The Kier molecular flexibility index (Phi) is 2.26. The molecule has 0 amide bonds. The van der Waals surface area contributed by atoms with Crippen molar-refractivity contribution in [2.45, 2.75) is 11.8 Å². The molecule has 0 aliphatic carbocycles. The van der Waals surface area contributed by atoms with Crippen molar-refractivity contribution < 1.29 is 22.7 Å². The van der Waals surface area contributed by atoms with Gasteiger partial charge in [-0.15, -0.1) is 0 Å². The van der Waals surface area contributed by atoms with E-state index >= 15 is 0 Å². The molecule has 1 aliphatic rings. The summed E-state index contributed by atoms with van der Waals surface area (Å²) in [5.41, 5.74) is -2.74. The predicted molar refractivity (Wildman–Crippen MR) is 49.4 cm³/mol. The molecule has 2 rings (SSSR count). The van der Waals surface area contributed by atoms with E-state index in [4.69, 9.17) is 0 Å². The van der Waals surface area contributed by atoms with Gasteiger partial charge in [0.05, 0.1) is 0 Å². The summed E-state index contributed by atoms with van der Waals surface area (Å²) < 4.78 is 43.3. The molecule has 1 heterocycles. The molecule has 0 aromatic heterocycles. The maximum Gasteiger partial charge on any atom is 0.436 e. The monoisotopic (exact) mass is 228 g/mol. The van der Waals surface area contributed by atoms with Crippen LogP contribution in [0.2, 0.25) is 0 Å². The maximum absolute atomic E-state index is 12.9. The minimum absolute atomic E-state index is 0.107. The third-order valence-corrected chi connectivity index (χ3v) is 2.34. The normalized spacial score (nSPS) is 24.6. The Morgan fingerprint density at radius 2 is 1.75 bits per heavy atom. The average molecular weight is 228 g/mol. The van der Waals surface area contributed by atoms with Gasteiger partial charge in [0.1, 0.15) is 0 Å². The molecule has 2 nitrogen and oxygen atoms in total. The van der Waals surface area contributed by atoms with Gasteiger partial charge < -0.3 is 4.74 Å². The molecule has 0 radical (unpaired) electrons. The van der Waals surface area contributed by atoms with Crippen LogP contribution in [0.4, 0.5) is 13.2 Å². The van der Waals surface area contributed by atoms with Crippen molar-refractivity contribution >= 4 is 5.97 Å². The first-order valence-electron chi connectivity index (χ1n) is 4.50. The standard InChI is InChI=1S/C11H7F3O2/c12-11(13,14)10(7-6-9(15)16-10)8-4-2-1-3-5-8/h1-7H. The second kappa shape index (κ2) is 3.37. The quantitative estimate of drug-likeness (QED) is 0.690. The molecule has 1 atom stereocenters. The predicted octanol–water partition coefficient (Wildman–Crippen LogP) is 2.56. The summed E-state index contributed by atoms with van der Waals surface area (Å²) in [7, 11) is 0. The van der Waals surface area contributed by atoms with Crippen molar-refractivity contribution in [1.82, 2.24) is 0 Å². The fourth-order valence-corrected chi connectivity index (χ4v) is 1.57. The largest absolute Gasteiger partial charge is 0.437 e. The van der Waals surface area contributed by atoms with Gasteiger partial charge in [0.2, 0.25) is 0 Å². The molecule has 0 spiro atoms. The molecular formula is C11H7F3O2. The summed E-state index contributed by atoms with van der Waals surface area (Å²) in [4.78, 5) is 10.9. The van der Waals surface area contributed by atoms with E-state index < -0.39 is 17.7 Å². The Labute approximate surface area is 89.3 Å². The van der Waals surface area contributed by atoms with Gasteiger partial charge in [0, 0.05) is 11.6 Å². The molecule has 0 bridgehead atoms. The molecule has 0 fully saturated rings. The van der Waals surface area contributed by atoms with Crippen LogP contribution in [0.15, 0.2) is 42.5 Å². The minimum Gasteiger partial charge on any atom is -0.437 e. The van der Waals surface area contributed by atoms with Crippen molar-refractivity contribution in [3.05, 3.63) is 48.0 Å². The highest BCUT2D eigenvalue weighted by Gasteiger charge is 2.59. The second-order valence-corrected chi connectivity index (χ2v) is 3.35. The highest BCUT2D eigenvalue weighted by molar-refractivity contribution is 5.85. The van der Waals surface area contributed by atoms with Crippen LogP contribution in [-0.2, 0) is 15.1 Å². The number of rotatable bonds is 1. The third kappa shape index (κ3) is 1.48. The molecule has 0 saturated carbocycles. The summed E-state index contributed by atoms with van der Waals surface area (Å²) in [5, 5.41) is 0. The first-order valence-corrected chi connectivity index (χ1v) is 4.50. The van der Waals surface area contributed by atoms with E-state index in [-0.39, 0.29) is 5.56 Å². The van der Waals surface area contributed by atoms with Crippen molar-refractivity contribution in [3.63, 3.8) is 0 Å². The van der Waals surface area contributed by atoms with E-state index in [1.54, 1.807) is 6.07 Å². The number of ether oxygens (including phenoxy) is 1. The first kappa shape index (κ1) is 10.7. The van der Waals surface area contributed by atoms with Crippen LogP contribution in [0, 0.1) is 0 Å². The van der Waals surface area contributed by atoms with Gasteiger partial charge in [0.15, 0.2) is 0 Å². The lowest BCUT2D eigenvalue weighted by molar-refractivity contribution is -0.250. The van der Waals surface area contributed by atoms with Crippen LogP contribution in [0.5, 0.6) is 0 Å². The SMILES string of the molecule is O=C1C=CC(c2ccccc2)(C(F)(F)F)O1. The molecular weight excluding hydrogens is 221 g/mol. The van der Waals surface area contributed by atoms with Gasteiger partial charge in [-0.05, 0) is 6.08 Å². The lowest BCUT2D eigenvalue weighted by Crippen LogP contribution is -2.41. The number of benzene rings is 1. The summed E-state index contributed by atoms with van der Waals surface area (Å²) in [6.07, 6.45) is -3.14. The summed E-state index contributed by atoms with van der Waals surface area (Å²) in [6, 6.07) is 7.06. The van der Waals surface area contributed by atoms with Gasteiger partial charge >= 0.3 is 12.1 Å². The van der Waals surface area contributed by atoms with Crippen LogP contribution in [0.25, 0.3) is 0 Å². The number of hydrogen-bond acceptors (Lipinski definition) is 2. The zero-order valence-electron chi connectivity index (χ0n) is 7.99. The van der Waals surface area contributed by atoms with E-state index in [9.17, 15) is 18.0 Å². The van der Waals surface area contributed by atoms with Crippen LogP contribution in [0.1, 0.15) is 5.56 Å². The Hall–Kier alpha value is -1.78. The molecule has 1 aliphatic heterocycles.